The number of hydrogen-bond donors (Lipinski definition) is 1. The SMILES string of the molecule is CC(Cc1ccco1)NC1CC(c2cccc(Br)c2)C1. The number of rotatable bonds is 5. The van der Waals surface area contributed by atoms with Crippen molar-refractivity contribution in [1.29, 1.82) is 0 Å². The van der Waals surface area contributed by atoms with E-state index in [9.17, 15) is 0 Å². The molecule has 1 saturated carbocycles. The van der Waals surface area contributed by atoms with Gasteiger partial charge in [0.2, 0.25) is 0 Å². The summed E-state index contributed by atoms with van der Waals surface area (Å²) in [6.45, 7) is 2.23. The molecular formula is C17H20BrNO. The highest BCUT2D eigenvalue weighted by molar-refractivity contribution is 9.10. The predicted molar refractivity (Wildman–Crippen MR) is 84.9 cm³/mol. The zero-order valence-electron chi connectivity index (χ0n) is 11.7. The first-order valence-electron chi connectivity index (χ1n) is 7.24. The van der Waals surface area contributed by atoms with E-state index in [0.717, 1.165) is 12.2 Å². The second-order valence-electron chi connectivity index (χ2n) is 5.77. The second kappa shape index (κ2) is 6.15. The molecule has 106 valence electrons. The summed E-state index contributed by atoms with van der Waals surface area (Å²) in [7, 11) is 0. The van der Waals surface area contributed by atoms with Gasteiger partial charge in [-0.05, 0) is 55.5 Å². The van der Waals surface area contributed by atoms with Gasteiger partial charge < -0.3 is 9.73 Å². The summed E-state index contributed by atoms with van der Waals surface area (Å²) >= 11 is 3.55. The van der Waals surface area contributed by atoms with Crippen LogP contribution in [0.4, 0.5) is 0 Å². The van der Waals surface area contributed by atoms with E-state index in [2.05, 4.69) is 52.4 Å². The molecule has 0 radical (unpaired) electrons. The van der Waals surface area contributed by atoms with Crippen molar-refractivity contribution in [3.63, 3.8) is 0 Å². The molecule has 1 aliphatic rings. The Balaban J connectivity index is 1.46. The van der Waals surface area contributed by atoms with Gasteiger partial charge in [-0.15, -0.1) is 0 Å². The fraction of sp³-hybridized carbons (Fsp3) is 0.412. The summed E-state index contributed by atoms with van der Waals surface area (Å²) in [5, 5.41) is 3.70. The van der Waals surface area contributed by atoms with E-state index in [4.69, 9.17) is 4.42 Å². The first kappa shape index (κ1) is 13.9. The van der Waals surface area contributed by atoms with Crippen LogP contribution in [0.1, 0.15) is 37.0 Å². The van der Waals surface area contributed by atoms with Gasteiger partial charge in [0.15, 0.2) is 0 Å². The van der Waals surface area contributed by atoms with Crippen molar-refractivity contribution in [3.05, 3.63) is 58.5 Å². The molecule has 3 rings (SSSR count). The summed E-state index contributed by atoms with van der Waals surface area (Å²) in [5.74, 6) is 1.77. The van der Waals surface area contributed by atoms with Crippen LogP contribution in [0.3, 0.4) is 0 Å². The highest BCUT2D eigenvalue weighted by Crippen LogP contribution is 2.37. The molecule has 0 saturated heterocycles. The smallest absolute Gasteiger partial charge is 0.105 e. The molecule has 3 heteroatoms. The molecule has 1 aromatic carbocycles. The van der Waals surface area contributed by atoms with Crippen LogP contribution in [-0.2, 0) is 6.42 Å². The highest BCUT2D eigenvalue weighted by atomic mass is 79.9. The van der Waals surface area contributed by atoms with E-state index >= 15 is 0 Å². The van der Waals surface area contributed by atoms with Crippen LogP contribution in [0.25, 0.3) is 0 Å². The van der Waals surface area contributed by atoms with Crippen LogP contribution in [0.5, 0.6) is 0 Å². The van der Waals surface area contributed by atoms with Crippen molar-refractivity contribution >= 4 is 15.9 Å². The summed E-state index contributed by atoms with van der Waals surface area (Å²) in [6.07, 6.45) is 5.18. The van der Waals surface area contributed by atoms with Crippen LogP contribution in [0.2, 0.25) is 0 Å². The first-order valence-corrected chi connectivity index (χ1v) is 8.04. The van der Waals surface area contributed by atoms with Crippen LogP contribution >= 0.6 is 15.9 Å². The Hall–Kier alpha value is -1.06. The standard InChI is InChI=1S/C17H20BrNO/c1-12(8-17-6-3-7-20-17)19-16-10-14(11-16)13-4-2-5-15(18)9-13/h2-7,9,12,14,16,19H,8,10-11H2,1H3. The molecule has 1 N–H and O–H groups in total. The maximum atomic E-state index is 5.40. The Kier molecular flexibility index (Phi) is 4.27. The molecule has 1 atom stereocenters. The average molecular weight is 334 g/mol. The molecule has 1 unspecified atom stereocenters. The van der Waals surface area contributed by atoms with Gasteiger partial charge in [-0.1, -0.05) is 28.1 Å². The third-order valence-electron chi connectivity index (χ3n) is 4.07. The Morgan fingerprint density at radius 2 is 2.15 bits per heavy atom. The minimum Gasteiger partial charge on any atom is -0.469 e. The van der Waals surface area contributed by atoms with Gasteiger partial charge in [-0.2, -0.15) is 0 Å². The topological polar surface area (TPSA) is 25.2 Å². The second-order valence-corrected chi connectivity index (χ2v) is 6.69. The summed E-state index contributed by atoms with van der Waals surface area (Å²) < 4.78 is 6.57. The fourth-order valence-corrected chi connectivity index (χ4v) is 3.40. The maximum absolute atomic E-state index is 5.40. The molecule has 0 aliphatic heterocycles. The number of hydrogen-bond acceptors (Lipinski definition) is 2. The molecule has 0 amide bonds. The van der Waals surface area contributed by atoms with Gasteiger partial charge in [0.25, 0.3) is 0 Å². The van der Waals surface area contributed by atoms with Gasteiger partial charge in [0, 0.05) is 23.0 Å². The Labute approximate surface area is 128 Å². The lowest BCUT2D eigenvalue weighted by Gasteiger charge is -2.38. The fourth-order valence-electron chi connectivity index (χ4n) is 2.98. The molecule has 1 fully saturated rings. The third kappa shape index (κ3) is 3.33. The molecule has 2 aromatic rings. The lowest BCUT2D eigenvalue weighted by atomic mass is 9.75. The highest BCUT2D eigenvalue weighted by Gasteiger charge is 2.31. The van der Waals surface area contributed by atoms with Crippen LogP contribution in [0, 0.1) is 0 Å². The Bertz CT molecular complexity index is 546. The quantitative estimate of drug-likeness (QED) is 0.870. The van der Waals surface area contributed by atoms with Gasteiger partial charge in [0.05, 0.1) is 6.26 Å². The lowest BCUT2D eigenvalue weighted by molar-refractivity contribution is 0.265. The number of benzene rings is 1. The van der Waals surface area contributed by atoms with Crippen molar-refractivity contribution in [2.24, 2.45) is 0 Å². The predicted octanol–water partition coefficient (Wildman–Crippen LogP) is 4.51. The van der Waals surface area contributed by atoms with E-state index in [1.807, 2.05) is 12.1 Å². The zero-order valence-corrected chi connectivity index (χ0v) is 13.3. The number of halogens is 1. The minimum absolute atomic E-state index is 0.467. The molecule has 0 bridgehead atoms. The maximum Gasteiger partial charge on any atom is 0.105 e. The molecule has 1 aliphatic carbocycles. The van der Waals surface area contributed by atoms with Crippen molar-refractivity contribution in [1.82, 2.24) is 5.32 Å². The van der Waals surface area contributed by atoms with E-state index < -0.39 is 0 Å². The van der Waals surface area contributed by atoms with Crippen LogP contribution < -0.4 is 5.32 Å². The van der Waals surface area contributed by atoms with E-state index in [1.54, 1.807) is 6.26 Å². The first-order chi connectivity index (χ1) is 9.70. The minimum atomic E-state index is 0.467. The third-order valence-corrected chi connectivity index (χ3v) is 4.56. The largest absolute Gasteiger partial charge is 0.469 e. The van der Waals surface area contributed by atoms with Gasteiger partial charge in [-0.3, -0.25) is 0 Å². The van der Waals surface area contributed by atoms with E-state index in [1.165, 1.54) is 22.9 Å². The Morgan fingerprint density at radius 1 is 1.30 bits per heavy atom. The van der Waals surface area contributed by atoms with E-state index in [0.29, 0.717) is 18.0 Å². The monoisotopic (exact) mass is 333 g/mol. The van der Waals surface area contributed by atoms with Crippen molar-refractivity contribution in [3.8, 4) is 0 Å². The van der Waals surface area contributed by atoms with Crippen molar-refractivity contribution in [2.45, 2.75) is 44.2 Å². The summed E-state index contributed by atoms with van der Waals surface area (Å²) in [4.78, 5) is 0. The Morgan fingerprint density at radius 3 is 2.85 bits per heavy atom. The lowest BCUT2D eigenvalue weighted by Crippen LogP contribution is -2.45. The summed E-state index contributed by atoms with van der Waals surface area (Å²) in [5.41, 5.74) is 1.45. The molecule has 2 nitrogen and oxygen atoms in total. The normalized spacial score (nSPS) is 23.3. The summed E-state index contributed by atoms with van der Waals surface area (Å²) in [6, 6.07) is 13.8. The molecule has 0 spiro atoms. The number of nitrogens with one attached hydrogen (secondary N) is 1. The number of furan rings is 1. The van der Waals surface area contributed by atoms with Crippen LogP contribution in [-0.4, -0.2) is 12.1 Å². The van der Waals surface area contributed by atoms with Crippen molar-refractivity contribution < 1.29 is 4.42 Å². The average Bonchev–Trinajstić information content (AvgIpc) is 2.86. The molecule has 20 heavy (non-hydrogen) atoms. The van der Waals surface area contributed by atoms with E-state index in [-0.39, 0.29) is 0 Å². The van der Waals surface area contributed by atoms with Gasteiger partial charge >= 0.3 is 0 Å². The zero-order chi connectivity index (χ0) is 13.9. The van der Waals surface area contributed by atoms with Crippen LogP contribution in [0.15, 0.2) is 51.6 Å². The molecular weight excluding hydrogens is 314 g/mol. The van der Waals surface area contributed by atoms with Crippen molar-refractivity contribution in [2.75, 3.05) is 0 Å². The van der Waals surface area contributed by atoms with Gasteiger partial charge in [0.1, 0.15) is 5.76 Å². The van der Waals surface area contributed by atoms with Gasteiger partial charge in [-0.25, -0.2) is 0 Å². The molecule has 1 aromatic heterocycles. The molecule has 1 heterocycles.